The van der Waals surface area contributed by atoms with Crippen LogP contribution in [0.15, 0.2) is 57.9 Å². The van der Waals surface area contributed by atoms with Crippen LogP contribution in [0.2, 0.25) is 0 Å². The van der Waals surface area contributed by atoms with E-state index in [1.54, 1.807) is 13.4 Å². The Morgan fingerprint density at radius 2 is 2.21 bits per heavy atom. The molecule has 170 valence electrons. The van der Waals surface area contributed by atoms with Crippen LogP contribution < -0.4 is 10.6 Å². The number of carbonyl (C=O) groups excluding carboxylic acids is 1. The largest absolute Gasteiger partial charge is 0.495 e. The maximum atomic E-state index is 13.1. The normalized spacial score (nSPS) is 28.2. The van der Waals surface area contributed by atoms with Crippen LogP contribution in [0.3, 0.4) is 0 Å². The molecule has 2 N–H and O–H groups in total. The van der Waals surface area contributed by atoms with E-state index in [0.717, 1.165) is 43.0 Å². The molecule has 1 aromatic rings. The van der Waals surface area contributed by atoms with E-state index in [4.69, 9.17) is 11.2 Å². The third-order valence-corrected chi connectivity index (χ3v) is 6.92. The standard InChI is InChI=1S/C25H28N6O2/c1-4-16-6-5-7-18(10-16)28-24-19-11-21(23(33-3)12-20(19)26-15-27-24)29-25(32)31-13-17-8-9-30(2)22(17)14-31/h1,5-7,10-12,15,17,19,22,24,28H,8-9,13-14H2,2-3H3,(H,29,32). The van der Waals surface area contributed by atoms with Crippen molar-refractivity contribution in [3.05, 3.63) is 53.4 Å². The molecule has 33 heavy (non-hydrogen) atoms. The number of likely N-dealkylation sites (N-methyl/N-ethyl adjacent to an activating group) is 1. The van der Waals surface area contributed by atoms with E-state index in [1.165, 1.54) is 0 Å². The number of nitrogens with zero attached hydrogens (tertiary/aromatic N) is 4. The van der Waals surface area contributed by atoms with Gasteiger partial charge in [-0.05, 0) is 50.2 Å². The molecule has 4 aliphatic rings. The van der Waals surface area contributed by atoms with Gasteiger partial charge in [-0.3, -0.25) is 0 Å². The predicted octanol–water partition coefficient (Wildman–Crippen LogP) is 2.28. The second-order valence-corrected chi connectivity index (χ2v) is 8.88. The Kier molecular flexibility index (Phi) is 5.65. The van der Waals surface area contributed by atoms with Gasteiger partial charge in [0.15, 0.2) is 0 Å². The van der Waals surface area contributed by atoms with Gasteiger partial charge in [-0.2, -0.15) is 0 Å². The van der Waals surface area contributed by atoms with Crippen molar-refractivity contribution in [2.45, 2.75) is 18.6 Å². The predicted molar refractivity (Wildman–Crippen MR) is 129 cm³/mol. The first-order chi connectivity index (χ1) is 16.1. The number of urea groups is 1. The van der Waals surface area contributed by atoms with E-state index < -0.39 is 0 Å². The van der Waals surface area contributed by atoms with Crippen LogP contribution in [0.4, 0.5) is 10.5 Å². The Morgan fingerprint density at radius 1 is 1.33 bits per heavy atom. The van der Waals surface area contributed by atoms with Gasteiger partial charge in [0.1, 0.15) is 18.3 Å². The number of hydrogen-bond acceptors (Lipinski definition) is 6. The minimum atomic E-state index is -0.285. The summed E-state index contributed by atoms with van der Waals surface area (Å²) >= 11 is 0. The Bertz CT molecular complexity index is 1110. The summed E-state index contributed by atoms with van der Waals surface area (Å²) in [5.74, 6) is 3.62. The first-order valence-corrected chi connectivity index (χ1v) is 11.2. The molecular weight excluding hydrogens is 416 g/mol. The number of ether oxygens (including phenoxy) is 1. The third-order valence-electron chi connectivity index (χ3n) is 6.92. The van der Waals surface area contributed by atoms with Crippen molar-refractivity contribution in [1.29, 1.82) is 0 Å². The molecule has 1 aliphatic carbocycles. The Balaban J connectivity index is 1.33. The molecule has 2 amide bonds. The van der Waals surface area contributed by atoms with E-state index in [0.29, 0.717) is 23.4 Å². The quantitative estimate of drug-likeness (QED) is 0.699. The molecule has 4 unspecified atom stereocenters. The molecule has 8 nitrogen and oxygen atoms in total. The highest BCUT2D eigenvalue weighted by Gasteiger charge is 2.41. The van der Waals surface area contributed by atoms with Gasteiger partial charge < -0.3 is 25.2 Å². The zero-order valence-corrected chi connectivity index (χ0v) is 18.9. The summed E-state index contributed by atoms with van der Waals surface area (Å²) < 4.78 is 5.58. The minimum Gasteiger partial charge on any atom is -0.495 e. The van der Waals surface area contributed by atoms with Gasteiger partial charge in [0, 0.05) is 36.5 Å². The zero-order chi connectivity index (χ0) is 22.9. The average molecular weight is 445 g/mol. The van der Waals surface area contributed by atoms with Crippen molar-refractivity contribution in [1.82, 2.24) is 15.1 Å². The molecule has 2 saturated heterocycles. The number of amides is 2. The fraction of sp³-hybridized carbons (Fsp3) is 0.400. The first kappa shape index (κ1) is 21.3. The highest BCUT2D eigenvalue weighted by molar-refractivity contribution is 6.05. The number of aliphatic imine (C=N–C) groups is 2. The Labute approximate surface area is 194 Å². The number of carbonyl (C=O) groups is 1. The first-order valence-electron chi connectivity index (χ1n) is 11.2. The van der Waals surface area contributed by atoms with E-state index in [-0.39, 0.29) is 18.1 Å². The number of terminal acetylenes is 1. The number of nitrogens with one attached hydrogen (secondary N) is 2. The van der Waals surface area contributed by atoms with Gasteiger partial charge in [-0.25, -0.2) is 14.8 Å². The molecule has 4 atom stereocenters. The lowest BCUT2D eigenvalue weighted by Crippen LogP contribution is -2.43. The van der Waals surface area contributed by atoms with E-state index in [2.05, 4.69) is 38.5 Å². The van der Waals surface area contributed by atoms with Gasteiger partial charge in [0.05, 0.1) is 24.4 Å². The number of allylic oxidation sites excluding steroid dienone is 1. The summed E-state index contributed by atoms with van der Waals surface area (Å²) in [7, 11) is 3.73. The number of fused-ring (bicyclic) bond motifs is 2. The molecule has 0 saturated carbocycles. The SMILES string of the molecule is C#Cc1cccc(NC2N=CN=C3C=C(OC)C(NC(=O)N4CC5CCN(C)C5C4)=CC32)c1. The van der Waals surface area contributed by atoms with Crippen molar-refractivity contribution in [3.8, 4) is 12.3 Å². The lowest BCUT2D eigenvalue weighted by Gasteiger charge is -2.30. The van der Waals surface area contributed by atoms with Crippen LogP contribution >= 0.6 is 0 Å². The highest BCUT2D eigenvalue weighted by Crippen LogP contribution is 2.31. The number of hydrogen-bond donors (Lipinski definition) is 2. The van der Waals surface area contributed by atoms with Gasteiger partial charge in [-0.1, -0.05) is 12.0 Å². The van der Waals surface area contributed by atoms with Crippen LogP contribution in [0.25, 0.3) is 0 Å². The summed E-state index contributed by atoms with van der Waals surface area (Å²) in [6, 6.07) is 8.01. The van der Waals surface area contributed by atoms with Crippen LogP contribution in [-0.4, -0.2) is 73.9 Å². The van der Waals surface area contributed by atoms with Gasteiger partial charge in [0.2, 0.25) is 0 Å². The third kappa shape index (κ3) is 4.12. The molecule has 5 rings (SSSR count). The molecule has 0 radical (unpaired) electrons. The summed E-state index contributed by atoms with van der Waals surface area (Å²) in [6.45, 7) is 2.65. The molecule has 2 fully saturated rings. The van der Waals surface area contributed by atoms with Crippen molar-refractivity contribution < 1.29 is 9.53 Å². The maximum absolute atomic E-state index is 13.1. The minimum absolute atomic E-state index is 0.0991. The van der Waals surface area contributed by atoms with E-state index in [9.17, 15) is 4.79 Å². The fourth-order valence-electron chi connectivity index (χ4n) is 5.10. The van der Waals surface area contributed by atoms with E-state index in [1.807, 2.05) is 41.3 Å². The van der Waals surface area contributed by atoms with Crippen LogP contribution in [0, 0.1) is 24.2 Å². The van der Waals surface area contributed by atoms with Crippen molar-refractivity contribution >= 4 is 23.8 Å². The molecular formula is C25H28N6O2. The number of likely N-dealkylation sites (tertiary alicyclic amines) is 2. The smallest absolute Gasteiger partial charge is 0.322 e. The zero-order valence-electron chi connectivity index (χ0n) is 18.9. The molecule has 8 heteroatoms. The van der Waals surface area contributed by atoms with Crippen molar-refractivity contribution in [2.24, 2.45) is 21.8 Å². The van der Waals surface area contributed by atoms with Gasteiger partial charge in [0.25, 0.3) is 0 Å². The Morgan fingerprint density at radius 3 is 3.00 bits per heavy atom. The number of anilines is 1. The maximum Gasteiger partial charge on any atom is 0.322 e. The van der Waals surface area contributed by atoms with Crippen LogP contribution in [0.5, 0.6) is 0 Å². The summed E-state index contributed by atoms with van der Waals surface area (Å²) in [5, 5.41) is 6.51. The summed E-state index contributed by atoms with van der Waals surface area (Å²) in [6.07, 6.45) is 11.8. The van der Waals surface area contributed by atoms with Crippen molar-refractivity contribution in [2.75, 3.05) is 39.1 Å². The Hall–Kier alpha value is -3.57. The molecule has 3 aliphatic heterocycles. The molecule has 0 bridgehead atoms. The van der Waals surface area contributed by atoms with Gasteiger partial charge in [-0.15, -0.1) is 6.42 Å². The molecule has 3 heterocycles. The number of rotatable bonds is 4. The highest BCUT2D eigenvalue weighted by atomic mass is 16.5. The summed E-state index contributed by atoms with van der Waals surface area (Å²) in [4.78, 5) is 26.3. The lowest BCUT2D eigenvalue weighted by atomic mass is 9.92. The monoisotopic (exact) mass is 444 g/mol. The second kappa shape index (κ2) is 8.75. The molecule has 1 aromatic carbocycles. The van der Waals surface area contributed by atoms with Crippen molar-refractivity contribution in [3.63, 3.8) is 0 Å². The molecule has 0 spiro atoms. The van der Waals surface area contributed by atoms with Crippen LogP contribution in [0.1, 0.15) is 12.0 Å². The van der Waals surface area contributed by atoms with Crippen LogP contribution in [-0.2, 0) is 4.74 Å². The molecule has 0 aromatic heterocycles. The number of benzene rings is 1. The second-order valence-electron chi connectivity index (χ2n) is 8.88. The fourth-order valence-corrected chi connectivity index (χ4v) is 5.10. The number of methoxy groups -OCH3 is 1. The average Bonchev–Trinajstić information content (AvgIpc) is 3.41. The van der Waals surface area contributed by atoms with Gasteiger partial charge >= 0.3 is 6.03 Å². The summed E-state index contributed by atoms with van der Waals surface area (Å²) in [5.41, 5.74) is 3.13. The lowest BCUT2D eigenvalue weighted by molar-refractivity contribution is 0.201. The topological polar surface area (TPSA) is 81.6 Å². The van der Waals surface area contributed by atoms with E-state index >= 15 is 0 Å².